The molecule has 0 atom stereocenters. The number of ether oxygens (including phenoxy) is 1. The maximum absolute atomic E-state index is 13.7. The molecule has 26 heavy (non-hydrogen) atoms. The molecule has 1 heterocycles. The SMILES string of the molecule is COc1ccc(-n2c(C(F)(F)F)nc3ccc(C(C)(C)C)cc32)c(C)c1. The molecule has 0 saturated heterocycles. The maximum atomic E-state index is 13.7. The highest BCUT2D eigenvalue weighted by Crippen LogP contribution is 2.36. The van der Waals surface area contributed by atoms with Gasteiger partial charge >= 0.3 is 6.18 Å². The van der Waals surface area contributed by atoms with Gasteiger partial charge in [0, 0.05) is 0 Å². The minimum absolute atomic E-state index is 0.184. The van der Waals surface area contributed by atoms with Crippen LogP contribution in [-0.4, -0.2) is 16.7 Å². The van der Waals surface area contributed by atoms with Gasteiger partial charge in [0.15, 0.2) is 0 Å². The molecule has 0 aliphatic carbocycles. The van der Waals surface area contributed by atoms with E-state index in [1.54, 1.807) is 37.3 Å². The highest BCUT2D eigenvalue weighted by atomic mass is 19.4. The lowest BCUT2D eigenvalue weighted by Crippen LogP contribution is -2.15. The molecule has 0 aliphatic heterocycles. The first-order valence-electron chi connectivity index (χ1n) is 8.27. The zero-order valence-electron chi connectivity index (χ0n) is 15.4. The number of imidazole rings is 1. The van der Waals surface area contributed by atoms with Crippen LogP contribution < -0.4 is 4.74 Å². The van der Waals surface area contributed by atoms with E-state index in [-0.39, 0.29) is 5.41 Å². The fourth-order valence-corrected chi connectivity index (χ4v) is 2.98. The van der Waals surface area contributed by atoms with E-state index in [0.29, 0.717) is 28.0 Å². The van der Waals surface area contributed by atoms with Gasteiger partial charge in [0.05, 0.1) is 23.8 Å². The van der Waals surface area contributed by atoms with Gasteiger partial charge in [-0.15, -0.1) is 0 Å². The summed E-state index contributed by atoms with van der Waals surface area (Å²) in [6.45, 7) is 7.84. The van der Waals surface area contributed by atoms with Gasteiger partial charge in [0.1, 0.15) is 5.75 Å². The number of methoxy groups -OCH3 is 1. The monoisotopic (exact) mass is 362 g/mol. The first-order valence-corrected chi connectivity index (χ1v) is 8.27. The minimum atomic E-state index is -4.56. The minimum Gasteiger partial charge on any atom is -0.497 e. The van der Waals surface area contributed by atoms with Crippen molar-refractivity contribution < 1.29 is 17.9 Å². The molecule has 3 rings (SSSR count). The van der Waals surface area contributed by atoms with Crippen molar-refractivity contribution in [3.05, 3.63) is 53.3 Å². The van der Waals surface area contributed by atoms with Gasteiger partial charge in [-0.05, 0) is 53.8 Å². The summed E-state index contributed by atoms with van der Waals surface area (Å²) < 4.78 is 47.4. The van der Waals surface area contributed by atoms with Crippen LogP contribution in [0.4, 0.5) is 13.2 Å². The summed E-state index contributed by atoms with van der Waals surface area (Å²) in [5, 5.41) is 0. The molecular formula is C20H21F3N2O. The lowest BCUT2D eigenvalue weighted by Gasteiger charge is -2.20. The molecule has 0 amide bonds. The average Bonchev–Trinajstić information content (AvgIpc) is 2.92. The van der Waals surface area contributed by atoms with Crippen molar-refractivity contribution in [1.82, 2.24) is 9.55 Å². The number of aryl methyl sites for hydroxylation is 1. The molecule has 0 bridgehead atoms. The molecule has 0 fully saturated rings. The number of hydrogen-bond acceptors (Lipinski definition) is 2. The molecule has 0 aliphatic rings. The molecule has 0 unspecified atom stereocenters. The van der Waals surface area contributed by atoms with Crippen LogP contribution in [0.1, 0.15) is 37.7 Å². The predicted octanol–water partition coefficient (Wildman–Crippen LogP) is 5.66. The quantitative estimate of drug-likeness (QED) is 0.588. The highest BCUT2D eigenvalue weighted by molar-refractivity contribution is 5.80. The fraction of sp³-hybridized carbons (Fsp3) is 0.350. The number of nitrogens with zero attached hydrogens (tertiary/aromatic N) is 2. The van der Waals surface area contributed by atoms with Gasteiger partial charge in [-0.2, -0.15) is 13.2 Å². The largest absolute Gasteiger partial charge is 0.497 e. The standard InChI is InChI=1S/C20H21F3N2O/c1-12-10-14(26-5)7-9-16(12)25-17-11-13(19(2,3)4)6-8-15(17)24-18(25)20(21,22)23/h6-11H,1-5H3. The zero-order chi connectivity index (χ0) is 19.3. The molecule has 0 N–H and O–H groups in total. The van der Waals surface area contributed by atoms with Crippen LogP contribution in [0.15, 0.2) is 36.4 Å². The van der Waals surface area contributed by atoms with E-state index < -0.39 is 12.0 Å². The van der Waals surface area contributed by atoms with Crippen molar-refractivity contribution in [1.29, 1.82) is 0 Å². The van der Waals surface area contributed by atoms with Crippen molar-refractivity contribution >= 4 is 11.0 Å². The van der Waals surface area contributed by atoms with Crippen LogP contribution >= 0.6 is 0 Å². The summed E-state index contributed by atoms with van der Waals surface area (Å²) in [6.07, 6.45) is -4.56. The van der Waals surface area contributed by atoms with Gasteiger partial charge in [-0.3, -0.25) is 4.57 Å². The van der Waals surface area contributed by atoms with Crippen LogP contribution in [0, 0.1) is 6.92 Å². The highest BCUT2D eigenvalue weighted by Gasteiger charge is 2.38. The van der Waals surface area contributed by atoms with E-state index in [1.807, 2.05) is 26.8 Å². The molecule has 0 spiro atoms. The number of fused-ring (bicyclic) bond motifs is 1. The summed E-state index contributed by atoms with van der Waals surface area (Å²) in [5.74, 6) is -0.327. The summed E-state index contributed by atoms with van der Waals surface area (Å²) in [6, 6.07) is 10.3. The van der Waals surface area contributed by atoms with Gasteiger partial charge in [-0.25, -0.2) is 4.98 Å². The van der Waals surface area contributed by atoms with Crippen molar-refractivity contribution in [3.8, 4) is 11.4 Å². The fourth-order valence-electron chi connectivity index (χ4n) is 2.98. The maximum Gasteiger partial charge on any atom is 0.450 e. The number of rotatable bonds is 2. The van der Waals surface area contributed by atoms with Crippen molar-refractivity contribution in [2.45, 2.75) is 39.3 Å². The van der Waals surface area contributed by atoms with Gasteiger partial charge in [0.2, 0.25) is 5.82 Å². The molecule has 2 aromatic carbocycles. The molecule has 138 valence electrons. The van der Waals surface area contributed by atoms with Crippen molar-refractivity contribution in [2.75, 3.05) is 7.11 Å². The first-order chi connectivity index (χ1) is 12.0. The van der Waals surface area contributed by atoms with Crippen LogP contribution in [-0.2, 0) is 11.6 Å². The Labute approximate surface area is 150 Å². The number of alkyl halides is 3. The van der Waals surface area contributed by atoms with Gasteiger partial charge in [-0.1, -0.05) is 26.8 Å². The molecule has 3 nitrogen and oxygen atoms in total. The Hall–Kier alpha value is -2.50. The molecule has 0 radical (unpaired) electrons. The normalized spacial score (nSPS) is 12.6. The third-order valence-corrected chi connectivity index (χ3v) is 4.42. The topological polar surface area (TPSA) is 27.1 Å². The number of aromatic nitrogens is 2. The summed E-state index contributed by atoms with van der Waals surface area (Å²) in [7, 11) is 1.53. The first kappa shape index (κ1) is 18.3. The second-order valence-corrected chi connectivity index (χ2v) is 7.37. The predicted molar refractivity (Wildman–Crippen MR) is 96.1 cm³/mol. The molecule has 3 aromatic rings. The molecule has 6 heteroatoms. The summed E-state index contributed by atoms with van der Waals surface area (Å²) in [5.41, 5.74) is 2.64. The Balaban J connectivity index is 2.37. The summed E-state index contributed by atoms with van der Waals surface area (Å²) >= 11 is 0. The van der Waals surface area contributed by atoms with Gasteiger partial charge in [0.25, 0.3) is 0 Å². The average molecular weight is 362 g/mol. The van der Waals surface area contributed by atoms with E-state index in [1.165, 1.54) is 11.7 Å². The lowest BCUT2D eigenvalue weighted by atomic mass is 9.87. The van der Waals surface area contributed by atoms with Gasteiger partial charge < -0.3 is 4.74 Å². The van der Waals surface area contributed by atoms with Crippen LogP contribution in [0.5, 0.6) is 5.75 Å². The number of benzene rings is 2. The Morgan fingerprint density at radius 3 is 2.23 bits per heavy atom. The summed E-state index contributed by atoms with van der Waals surface area (Å²) in [4.78, 5) is 3.87. The number of hydrogen-bond donors (Lipinski definition) is 0. The third-order valence-electron chi connectivity index (χ3n) is 4.42. The Bertz CT molecular complexity index is 966. The zero-order valence-corrected chi connectivity index (χ0v) is 15.4. The Kier molecular flexibility index (Phi) is 4.25. The van der Waals surface area contributed by atoms with Crippen molar-refractivity contribution in [3.63, 3.8) is 0 Å². The Morgan fingerprint density at radius 1 is 1.00 bits per heavy atom. The van der Waals surface area contributed by atoms with Crippen LogP contribution in [0.25, 0.3) is 16.7 Å². The second-order valence-electron chi connectivity index (χ2n) is 7.37. The van der Waals surface area contributed by atoms with E-state index in [9.17, 15) is 13.2 Å². The van der Waals surface area contributed by atoms with E-state index >= 15 is 0 Å². The second kappa shape index (κ2) is 6.04. The lowest BCUT2D eigenvalue weighted by molar-refractivity contribution is -0.145. The molecular weight excluding hydrogens is 341 g/mol. The smallest absolute Gasteiger partial charge is 0.450 e. The van der Waals surface area contributed by atoms with E-state index in [2.05, 4.69) is 4.98 Å². The molecule has 1 aromatic heterocycles. The number of halogens is 3. The third kappa shape index (κ3) is 3.16. The molecule has 0 saturated carbocycles. The van der Waals surface area contributed by atoms with E-state index in [4.69, 9.17) is 4.74 Å². The Morgan fingerprint density at radius 2 is 1.69 bits per heavy atom. The van der Waals surface area contributed by atoms with Crippen LogP contribution in [0.2, 0.25) is 0 Å². The van der Waals surface area contributed by atoms with Crippen molar-refractivity contribution in [2.24, 2.45) is 0 Å². The van der Waals surface area contributed by atoms with Crippen LogP contribution in [0.3, 0.4) is 0 Å². The van der Waals surface area contributed by atoms with E-state index in [0.717, 1.165) is 5.56 Å².